The summed E-state index contributed by atoms with van der Waals surface area (Å²) in [7, 11) is 1.67. The largest absolute Gasteiger partial charge is 0.497 e. The summed E-state index contributed by atoms with van der Waals surface area (Å²) < 4.78 is 5.32. The van der Waals surface area contributed by atoms with Crippen molar-refractivity contribution in [1.82, 2.24) is 9.97 Å². The molecule has 0 bridgehead atoms. The minimum absolute atomic E-state index is 0. The molecule has 5 nitrogen and oxygen atoms in total. The molecule has 0 aliphatic carbocycles. The Morgan fingerprint density at radius 1 is 1.29 bits per heavy atom. The van der Waals surface area contributed by atoms with E-state index in [0.29, 0.717) is 0 Å². The second-order valence-electron chi connectivity index (χ2n) is 6.81. The number of fused-ring (bicyclic) bond motifs is 3. The molecule has 144 valence electrons. The highest BCUT2D eigenvalue weighted by Crippen LogP contribution is 2.42. The van der Waals surface area contributed by atoms with Crippen LogP contribution in [0.5, 0.6) is 11.6 Å². The first-order chi connectivity index (χ1) is 13.6. The lowest BCUT2D eigenvalue weighted by Crippen LogP contribution is -2.36. The number of aromatic amines is 1. The molecule has 0 fully saturated rings. The van der Waals surface area contributed by atoms with Gasteiger partial charge in [0.15, 0.2) is 5.13 Å². The summed E-state index contributed by atoms with van der Waals surface area (Å²) in [5.74, 6) is 0.879. The van der Waals surface area contributed by atoms with E-state index >= 15 is 0 Å². The fourth-order valence-electron chi connectivity index (χ4n) is 3.99. The SMILES string of the molecule is COc1ccc(C2c3[nH]c4ccc(Cl)cc4c3CCN2c2nc(O)cs2)cc1.[HH]. The van der Waals surface area contributed by atoms with Gasteiger partial charge >= 0.3 is 0 Å². The van der Waals surface area contributed by atoms with E-state index in [-0.39, 0.29) is 13.3 Å². The van der Waals surface area contributed by atoms with Crippen molar-refractivity contribution in [1.29, 1.82) is 0 Å². The number of rotatable bonds is 3. The molecule has 1 aliphatic rings. The van der Waals surface area contributed by atoms with Gasteiger partial charge in [-0.05, 0) is 47.9 Å². The number of ether oxygens (including phenoxy) is 1. The molecule has 0 saturated carbocycles. The van der Waals surface area contributed by atoms with E-state index in [4.69, 9.17) is 16.3 Å². The molecule has 3 heterocycles. The molecule has 2 aromatic heterocycles. The number of aromatic hydroxyl groups is 1. The first-order valence-corrected chi connectivity index (χ1v) is 10.2. The van der Waals surface area contributed by atoms with E-state index in [1.165, 1.54) is 22.3 Å². The quantitative estimate of drug-likeness (QED) is 0.472. The highest BCUT2D eigenvalue weighted by atomic mass is 35.5. The van der Waals surface area contributed by atoms with Crippen molar-refractivity contribution in [2.75, 3.05) is 18.6 Å². The molecule has 28 heavy (non-hydrogen) atoms. The minimum atomic E-state index is -0.0358. The van der Waals surface area contributed by atoms with E-state index in [0.717, 1.165) is 45.6 Å². The second kappa shape index (κ2) is 6.72. The van der Waals surface area contributed by atoms with Gasteiger partial charge in [-0.15, -0.1) is 11.3 Å². The lowest BCUT2D eigenvalue weighted by atomic mass is 9.93. The molecule has 1 atom stereocenters. The summed E-state index contributed by atoms with van der Waals surface area (Å²) in [6, 6.07) is 14.0. The molecule has 0 spiro atoms. The van der Waals surface area contributed by atoms with Gasteiger partial charge in [-0.1, -0.05) is 23.7 Å². The highest BCUT2D eigenvalue weighted by molar-refractivity contribution is 7.13. The molecule has 7 heteroatoms. The number of benzene rings is 2. The van der Waals surface area contributed by atoms with Crippen molar-refractivity contribution in [2.24, 2.45) is 0 Å². The molecule has 1 unspecified atom stereocenters. The van der Waals surface area contributed by atoms with Crippen LogP contribution in [-0.2, 0) is 6.42 Å². The van der Waals surface area contributed by atoms with Crippen LogP contribution in [-0.4, -0.2) is 28.7 Å². The monoisotopic (exact) mass is 413 g/mol. The smallest absolute Gasteiger partial charge is 0.223 e. The minimum Gasteiger partial charge on any atom is -0.497 e. The number of methoxy groups -OCH3 is 1. The zero-order chi connectivity index (χ0) is 19.3. The molecule has 2 aromatic carbocycles. The maximum Gasteiger partial charge on any atom is 0.223 e. The first-order valence-electron chi connectivity index (χ1n) is 8.99. The van der Waals surface area contributed by atoms with E-state index in [9.17, 15) is 5.11 Å². The zero-order valence-corrected chi connectivity index (χ0v) is 16.7. The van der Waals surface area contributed by atoms with Gasteiger partial charge in [0.05, 0.1) is 18.5 Å². The van der Waals surface area contributed by atoms with Gasteiger partial charge < -0.3 is 19.7 Å². The van der Waals surface area contributed by atoms with Crippen molar-refractivity contribution in [3.63, 3.8) is 0 Å². The van der Waals surface area contributed by atoms with Crippen molar-refractivity contribution in [2.45, 2.75) is 12.5 Å². The molecule has 1 aliphatic heterocycles. The van der Waals surface area contributed by atoms with Crippen LogP contribution in [0.3, 0.4) is 0 Å². The number of hydrogen-bond acceptors (Lipinski definition) is 5. The highest BCUT2D eigenvalue weighted by Gasteiger charge is 2.33. The summed E-state index contributed by atoms with van der Waals surface area (Å²) >= 11 is 7.71. The normalized spacial score (nSPS) is 16.4. The third-order valence-electron chi connectivity index (χ3n) is 5.25. The Morgan fingerprint density at radius 3 is 2.82 bits per heavy atom. The Hall–Kier alpha value is -2.70. The molecule has 0 amide bonds. The number of thiazole rings is 1. The fraction of sp³-hybridized carbons (Fsp3) is 0.190. The summed E-state index contributed by atoms with van der Waals surface area (Å²) in [4.78, 5) is 10.2. The van der Waals surface area contributed by atoms with Crippen molar-refractivity contribution < 1.29 is 11.3 Å². The van der Waals surface area contributed by atoms with Gasteiger partial charge in [-0.25, -0.2) is 0 Å². The van der Waals surface area contributed by atoms with Crippen LogP contribution >= 0.6 is 22.9 Å². The van der Waals surface area contributed by atoms with Crippen LogP contribution in [0.1, 0.15) is 24.3 Å². The van der Waals surface area contributed by atoms with Crippen LogP contribution in [0.25, 0.3) is 10.9 Å². The summed E-state index contributed by atoms with van der Waals surface area (Å²) in [6.07, 6.45) is 0.878. The van der Waals surface area contributed by atoms with E-state index in [2.05, 4.69) is 27.0 Å². The number of nitrogens with zero attached hydrogens (tertiary/aromatic N) is 2. The van der Waals surface area contributed by atoms with Crippen LogP contribution in [0.4, 0.5) is 5.13 Å². The van der Waals surface area contributed by atoms with Gasteiger partial charge in [0.2, 0.25) is 5.88 Å². The van der Waals surface area contributed by atoms with Gasteiger partial charge in [-0.3, -0.25) is 0 Å². The molecular weight excluding hydrogens is 394 g/mol. The average Bonchev–Trinajstić information content (AvgIpc) is 3.30. The van der Waals surface area contributed by atoms with Crippen molar-refractivity contribution in [3.8, 4) is 11.6 Å². The number of hydrogen-bond donors (Lipinski definition) is 2. The van der Waals surface area contributed by atoms with Crippen LogP contribution in [0, 0.1) is 0 Å². The van der Waals surface area contributed by atoms with Gasteiger partial charge in [0, 0.05) is 29.6 Å². The predicted octanol–water partition coefficient (Wildman–Crippen LogP) is 5.39. The van der Waals surface area contributed by atoms with Gasteiger partial charge in [0.1, 0.15) is 5.75 Å². The average molecular weight is 414 g/mol. The Labute approximate surface area is 172 Å². The molecule has 5 rings (SSSR count). The second-order valence-corrected chi connectivity index (χ2v) is 8.09. The van der Waals surface area contributed by atoms with Crippen LogP contribution in [0.15, 0.2) is 47.8 Å². The Bertz CT molecular complexity index is 1160. The van der Waals surface area contributed by atoms with E-state index in [1.54, 1.807) is 12.5 Å². The third-order valence-corrected chi connectivity index (χ3v) is 6.35. The number of anilines is 1. The van der Waals surface area contributed by atoms with Gasteiger partial charge in [0.25, 0.3) is 0 Å². The zero-order valence-electron chi connectivity index (χ0n) is 15.1. The van der Waals surface area contributed by atoms with E-state index < -0.39 is 0 Å². The Kier molecular flexibility index (Phi) is 4.18. The Morgan fingerprint density at radius 2 is 2.11 bits per heavy atom. The fourth-order valence-corrected chi connectivity index (χ4v) is 4.90. The maximum atomic E-state index is 9.78. The van der Waals surface area contributed by atoms with Crippen LogP contribution in [0.2, 0.25) is 5.02 Å². The van der Waals surface area contributed by atoms with Crippen molar-refractivity contribution >= 4 is 39.0 Å². The molecule has 0 saturated heterocycles. The molecule has 4 aromatic rings. The topological polar surface area (TPSA) is 61.4 Å². The number of halogens is 1. The number of aromatic nitrogens is 2. The molecule has 2 N–H and O–H groups in total. The lowest BCUT2D eigenvalue weighted by molar-refractivity contribution is 0.414. The van der Waals surface area contributed by atoms with Crippen molar-refractivity contribution in [3.05, 3.63) is 69.7 Å². The van der Waals surface area contributed by atoms with Crippen LogP contribution < -0.4 is 9.64 Å². The summed E-state index contributed by atoms with van der Waals surface area (Å²) in [6.45, 7) is 0.802. The number of H-pyrrole nitrogens is 1. The lowest BCUT2D eigenvalue weighted by Gasteiger charge is -2.36. The summed E-state index contributed by atoms with van der Waals surface area (Å²) in [5.41, 5.74) is 4.64. The molecule has 0 radical (unpaired) electrons. The molecular formula is C21H20ClN3O2S. The third kappa shape index (κ3) is 2.80. The van der Waals surface area contributed by atoms with Gasteiger partial charge in [-0.2, -0.15) is 4.98 Å². The number of nitrogens with one attached hydrogen (secondary N) is 1. The standard InChI is InChI=1S/C21H18ClN3O2S.H2/c1-27-14-5-2-12(3-6-14)20-19-15(16-10-13(22)4-7-17(16)23-19)8-9-25(20)21-24-18(26)11-28-21;/h2-7,10-11,20,23,26H,8-9H2,1H3;1H. The Balaban J connectivity index is 0.00000205. The predicted molar refractivity (Wildman–Crippen MR) is 115 cm³/mol. The summed E-state index contributed by atoms with van der Waals surface area (Å²) in [5, 5.41) is 14.2. The first kappa shape index (κ1) is 17.4. The maximum absolute atomic E-state index is 9.78. The van der Waals surface area contributed by atoms with E-state index in [1.807, 2.05) is 30.3 Å².